The van der Waals surface area contributed by atoms with E-state index in [1.807, 2.05) is 0 Å². The summed E-state index contributed by atoms with van der Waals surface area (Å²) in [6.07, 6.45) is 2.11. The minimum atomic E-state index is -0.743. The first-order chi connectivity index (χ1) is 5.79. The van der Waals surface area contributed by atoms with Gasteiger partial charge < -0.3 is 15.2 Å². The monoisotopic (exact) mass is 171 g/mol. The standard InChI is InChI=1S/C8H13NO3/c10-8(11)7-5-2-1-3-12-6(5)4-9-7/h5-7,9H,1-4H2,(H,10,11). The number of fused-ring (bicyclic) bond motifs is 1. The molecule has 68 valence electrons. The van der Waals surface area contributed by atoms with Crippen LogP contribution < -0.4 is 5.32 Å². The molecule has 2 aliphatic rings. The van der Waals surface area contributed by atoms with E-state index in [2.05, 4.69) is 5.32 Å². The fourth-order valence-electron chi connectivity index (χ4n) is 2.12. The molecule has 2 rings (SSSR count). The Balaban J connectivity index is 2.05. The second-order valence-electron chi connectivity index (χ2n) is 3.44. The molecule has 2 heterocycles. The zero-order valence-corrected chi connectivity index (χ0v) is 6.82. The Labute approximate surface area is 70.9 Å². The number of rotatable bonds is 1. The van der Waals surface area contributed by atoms with Crippen molar-refractivity contribution in [2.75, 3.05) is 13.2 Å². The van der Waals surface area contributed by atoms with Crippen LogP contribution in [0.15, 0.2) is 0 Å². The third-order valence-corrected chi connectivity index (χ3v) is 2.72. The molecule has 0 saturated carbocycles. The lowest BCUT2D eigenvalue weighted by Crippen LogP contribution is -2.38. The summed E-state index contributed by atoms with van der Waals surface area (Å²) in [4.78, 5) is 10.7. The van der Waals surface area contributed by atoms with Crippen LogP contribution in [0.2, 0.25) is 0 Å². The molecule has 0 aliphatic carbocycles. The molecular formula is C8H13NO3. The van der Waals surface area contributed by atoms with Gasteiger partial charge in [0.05, 0.1) is 6.10 Å². The number of ether oxygens (including phenoxy) is 1. The van der Waals surface area contributed by atoms with E-state index >= 15 is 0 Å². The Morgan fingerprint density at radius 3 is 3.17 bits per heavy atom. The summed E-state index contributed by atoms with van der Waals surface area (Å²) in [5, 5.41) is 11.8. The molecular weight excluding hydrogens is 158 g/mol. The fraction of sp³-hybridized carbons (Fsp3) is 0.875. The maximum atomic E-state index is 10.7. The van der Waals surface area contributed by atoms with Crippen LogP contribution in [0, 0.1) is 5.92 Å². The fourth-order valence-corrected chi connectivity index (χ4v) is 2.12. The number of carboxylic acids is 1. The molecule has 3 atom stereocenters. The highest BCUT2D eigenvalue weighted by Gasteiger charge is 2.41. The van der Waals surface area contributed by atoms with Crippen LogP contribution >= 0.6 is 0 Å². The molecule has 3 unspecified atom stereocenters. The van der Waals surface area contributed by atoms with E-state index < -0.39 is 5.97 Å². The van der Waals surface area contributed by atoms with Crippen LogP contribution in [0.1, 0.15) is 12.8 Å². The molecule has 2 saturated heterocycles. The van der Waals surface area contributed by atoms with Gasteiger partial charge in [-0.2, -0.15) is 0 Å². The Kier molecular flexibility index (Phi) is 2.02. The molecule has 0 amide bonds. The van der Waals surface area contributed by atoms with Crippen molar-refractivity contribution in [3.8, 4) is 0 Å². The topological polar surface area (TPSA) is 58.6 Å². The number of nitrogens with one attached hydrogen (secondary N) is 1. The number of hydrogen-bond acceptors (Lipinski definition) is 3. The summed E-state index contributed by atoms with van der Waals surface area (Å²) in [7, 11) is 0. The summed E-state index contributed by atoms with van der Waals surface area (Å²) in [6.45, 7) is 1.48. The predicted molar refractivity (Wildman–Crippen MR) is 41.9 cm³/mol. The molecule has 4 heteroatoms. The van der Waals surface area contributed by atoms with Gasteiger partial charge in [0.25, 0.3) is 0 Å². The van der Waals surface area contributed by atoms with E-state index in [4.69, 9.17) is 9.84 Å². The lowest BCUT2D eigenvalue weighted by atomic mass is 9.91. The minimum absolute atomic E-state index is 0.139. The van der Waals surface area contributed by atoms with E-state index in [0.717, 1.165) is 19.4 Å². The van der Waals surface area contributed by atoms with Gasteiger partial charge >= 0.3 is 5.97 Å². The van der Waals surface area contributed by atoms with Crippen molar-refractivity contribution >= 4 is 5.97 Å². The summed E-state index contributed by atoms with van der Waals surface area (Å²) >= 11 is 0. The molecule has 0 radical (unpaired) electrons. The van der Waals surface area contributed by atoms with E-state index in [-0.39, 0.29) is 18.1 Å². The summed E-state index contributed by atoms with van der Waals surface area (Å²) in [6, 6.07) is -0.379. The molecule has 0 aromatic heterocycles. The second-order valence-corrected chi connectivity index (χ2v) is 3.44. The van der Waals surface area contributed by atoms with Crippen molar-refractivity contribution in [1.29, 1.82) is 0 Å². The molecule has 0 aromatic rings. The second kappa shape index (κ2) is 3.03. The van der Waals surface area contributed by atoms with Gasteiger partial charge in [0, 0.05) is 19.1 Å². The van der Waals surface area contributed by atoms with E-state index in [9.17, 15) is 4.79 Å². The Morgan fingerprint density at radius 2 is 2.42 bits per heavy atom. The molecule has 0 spiro atoms. The van der Waals surface area contributed by atoms with E-state index in [1.165, 1.54) is 0 Å². The van der Waals surface area contributed by atoms with Crippen molar-refractivity contribution in [3.05, 3.63) is 0 Å². The summed E-state index contributed by atoms with van der Waals surface area (Å²) < 4.78 is 5.46. The average molecular weight is 171 g/mol. The van der Waals surface area contributed by atoms with Crippen molar-refractivity contribution in [1.82, 2.24) is 5.32 Å². The van der Waals surface area contributed by atoms with Crippen LogP contribution in [0.4, 0.5) is 0 Å². The maximum absolute atomic E-state index is 10.7. The van der Waals surface area contributed by atoms with Gasteiger partial charge in [0.2, 0.25) is 0 Å². The molecule has 2 N–H and O–H groups in total. The van der Waals surface area contributed by atoms with Gasteiger partial charge in [-0.25, -0.2) is 0 Å². The first-order valence-electron chi connectivity index (χ1n) is 4.37. The van der Waals surface area contributed by atoms with Gasteiger partial charge in [-0.05, 0) is 12.8 Å². The molecule has 2 fully saturated rings. The third kappa shape index (κ3) is 1.21. The zero-order valence-electron chi connectivity index (χ0n) is 6.82. The van der Waals surface area contributed by atoms with Crippen LogP contribution in [0.5, 0.6) is 0 Å². The number of carbonyl (C=O) groups is 1. The quantitative estimate of drug-likeness (QED) is 0.575. The van der Waals surface area contributed by atoms with Crippen molar-refractivity contribution in [2.24, 2.45) is 5.92 Å². The summed E-state index contributed by atoms with van der Waals surface area (Å²) in [5.41, 5.74) is 0. The van der Waals surface area contributed by atoms with Gasteiger partial charge in [0.1, 0.15) is 6.04 Å². The third-order valence-electron chi connectivity index (χ3n) is 2.72. The van der Waals surface area contributed by atoms with E-state index in [0.29, 0.717) is 6.54 Å². The largest absolute Gasteiger partial charge is 0.480 e. The molecule has 2 aliphatic heterocycles. The number of aliphatic carboxylic acids is 1. The van der Waals surface area contributed by atoms with Crippen molar-refractivity contribution < 1.29 is 14.6 Å². The first-order valence-corrected chi connectivity index (χ1v) is 4.37. The Morgan fingerprint density at radius 1 is 1.58 bits per heavy atom. The lowest BCUT2D eigenvalue weighted by Gasteiger charge is -2.26. The first kappa shape index (κ1) is 8.01. The highest BCUT2D eigenvalue weighted by Crippen LogP contribution is 2.28. The van der Waals surface area contributed by atoms with Gasteiger partial charge in [-0.3, -0.25) is 4.79 Å². The van der Waals surface area contributed by atoms with Crippen LogP contribution in [0.25, 0.3) is 0 Å². The van der Waals surface area contributed by atoms with Crippen LogP contribution in [0.3, 0.4) is 0 Å². The van der Waals surface area contributed by atoms with Crippen molar-refractivity contribution in [3.63, 3.8) is 0 Å². The molecule has 4 nitrogen and oxygen atoms in total. The van der Waals surface area contributed by atoms with Gasteiger partial charge in [-0.15, -0.1) is 0 Å². The number of hydrogen-bond donors (Lipinski definition) is 2. The average Bonchev–Trinajstić information content (AvgIpc) is 2.47. The van der Waals surface area contributed by atoms with Crippen LogP contribution in [-0.2, 0) is 9.53 Å². The maximum Gasteiger partial charge on any atom is 0.321 e. The zero-order chi connectivity index (χ0) is 8.55. The predicted octanol–water partition coefficient (Wildman–Crippen LogP) is -0.162. The van der Waals surface area contributed by atoms with Crippen molar-refractivity contribution in [2.45, 2.75) is 25.0 Å². The highest BCUT2D eigenvalue weighted by molar-refractivity contribution is 5.74. The smallest absolute Gasteiger partial charge is 0.321 e. The van der Waals surface area contributed by atoms with Gasteiger partial charge in [0.15, 0.2) is 0 Å². The molecule has 0 bridgehead atoms. The van der Waals surface area contributed by atoms with E-state index in [1.54, 1.807) is 0 Å². The highest BCUT2D eigenvalue weighted by atomic mass is 16.5. The normalized spacial score (nSPS) is 40.8. The SMILES string of the molecule is O=C(O)C1NCC2OCCCC21. The van der Waals surface area contributed by atoms with Crippen LogP contribution in [-0.4, -0.2) is 36.4 Å². The van der Waals surface area contributed by atoms with Gasteiger partial charge in [-0.1, -0.05) is 0 Å². The Hall–Kier alpha value is -0.610. The molecule has 12 heavy (non-hydrogen) atoms. The minimum Gasteiger partial charge on any atom is -0.480 e. The number of carboxylic acid groups (broad SMARTS) is 1. The lowest BCUT2D eigenvalue weighted by molar-refractivity contribution is -0.141. The Bertz CT molecular complexity index is 195. The molecule has 0 aromatic carbocycles. The summed E-state index contributed by atoms with van der Waals surface area (Å²) in [5.74, 6) is -0.552.